The molecule has 114 valence electrons. The van der Waals surface area contributed by atoms with Crippen LogP contribution in [0.3, 0.4) is 0 Å². The molecule has 0 fully saturated rings. The topological polar surface area (TPSA) is 38.3 Å². The van der Waals surface area contributed by atoms with Crippen LogP contribution in [0.1, 0.15) is 18.1 Å². The van der Waals surface area contributed by atoms with Gasteiger partial charge in [-0.05, 0) is 54.8 Å². The number of methoxy groups -OCH3 is 1. The normalized spacial score (nSPS) is 19.7. The third-order valence-electron chi connectivity index (χ3n) is 4.11. The monoisotopic (exact) mass is 335 g/mol. The van der Waals surface area contributed by atoms with Crippen LogP contribution in [0.15, 0.2) is 36.4 Å². The highest BCUT2D eigenvalue weighted by Crippen LogP contribution is 2.42. The number of carbonyl (C=O) groups is 1. The van der Waals surface area contributed by atoms with Crippen LogP contribution >= 0.6 is 23.2 Å². The van der Waals surface area contributed by atoms with Gasteiger partial charge < -0.3 is 10.1 Å². The van der Waals surface area contributed by atoms with E-state index < -0.39 is 5.41 Å². The predicted octanol–water partition coefficient (Wildman–Crippen LogP) is 4.45. The lowest BCUT2D eigenvalue weighted by atomic mass is 9.78. The van der Waals surface area contributed by atoms with Gasteiger partial charge in [0, 0.05) is 5.69 Å². The Morgan fingerprint density at radius 2 is 1.91 bits per heavy atom. The van der Waals surface area contributed by atoms with Crippen molar-refractivity contribution in [2.75, 3.05) is 12.4 Å². The van der Waals surface area contributed by atoms with E-state index in [0.29, 0.717) is 16.5 Å². The van der Waals surface area contributed by atoms with E-state index in [9.17, 15) is 4.79 Å². The van der Waals surface area contributed by atoms with E-state index in [4.69, 9.17) is 27.9 Å². The molecule has 1 aliphatic heterocycles. The Morgan fingerprint density at radius 3 is 2.59 bits per heavy atom. The third-order valence-corrected chi connectivity index (χ3v) is 4.85. The summed E-state index contributed by atoms with van der Waals surface area (Å²) in [7, 11) is 1.61. The highest BCUT2D eigenvalue weighted by atomic mass is 35.5. The van der Waals surface area contributed by atoms with E-state index in [1.54, 1.807) is 19.2 Å². The second kappa shape index (κ2) is 5.49. The Morgan fingerprint density at radius 1 is 1.14 bits per heavy atom. The fourth-order valence-corrected chi connectivity index (χ4v) is 3.15. The smallest absolute Gasteiger partial charge is 0.235 e. The van der Waals surface area contributed by atoms with Gasteiger partial charge in [0.1, 0.15) is 5.75 Å². The second-order valence-corrected chi connectivity index (χ2v) is 6.44. The third kappa shape index (κ3) is 2.44. The molecule has 2 aromatic carbocycles. The first-order valence-corrected chi connectivity index (χ1v) is 7.63. The molecule has 1 unspecified atom stereocenters. The minimum atomic E-state index is -0.666. The Kier molecular flexibility index (Phi) is 3.79. The summed E-state index contributed by atoms with van der Waals surface area (Å²) in [5.41, 5.74) is 2.06. The van der Waals surface area contributed by atoms with Crippen LogP contribution < -0.4 is 10.1 Å². The van der Waals surface area contributed by atoms with Gasteiger partial charge in [0.25, 0.3) is 0 Å². The first kappa shape index (κ1) is 15.2. The second-order valence-electron chi connectivity index (χ2n) is 5.62. The number of nitrogens with one attached hydrogen (secondary N) is 1. The van der Waals surface area contributed by atoms with Crippen molar-refractivity contribution >= 4 is 34.8 Å². The zero-order valence-corrected chi connectivity index (χ0v) is 13.8. The summed E-state index contributed by atoms with van der Waals surface area (Å²) in [6.45, 7) is 1.93. The molecule has 0 saturated carbocycles. The van der Waals surface area contributed by atoms with Crippen LogP contribution in [0.2, 0.25) is 10.0 Å². The van der Waals surface area contributed by atoms with Gasteiger partial charge in [0.15, 0.2) is 0 Å². The summed E-state index contributed by atoms with van der Waals surface area (Å²) in [6.07, 6.45) is 0.538. The van der Waals surface area contributed by atoms with Crippen molar-refractivity contribution in [3.63, 3.8) is 0 Å². The van der Waals surface area contributed by atoms with Crippen molar-refractivity contribution in [3.05, 3.63) is 57.6 Å². The number of ether oxygens (including phenoxy) is 1. The number of amides is 1. The number of rotatable bonds is 3. The lowest BCUT2D eigenvalue weighted by Crippen LogP contribution is -2.33. The minimum Gasteiger partial charge on any atom is -0.497 e. The number of hydrogen-bond donors (Lipinski definition) is 1. The average molecular weight is 336 g/mol. The fraction of sp³-hybridized carbons (Fsp3) is 0.235. The number of fused-ring (bicyclic) bond motifs is 1. The van der Waals surface area contributed by atoms with Gasteiger partial charge in [-0.3, -0.25) is 4.79 Å². The lowest BCUT2D eigenvalue weighted by molar-refractivity contribution is -0.120. The number of halogens is 2. The molecule has 1 N–H and O–H groups in total. The standard InChI is InChI=1S/C17H15Cl2NO2/c1-17(9-10-3-5-13(18)14(19)7-10)12-8-11(22-2)4-6-15(12)20-16(17)21/h3-8H,9H2,1-2H3,(H,20,21). The van der Waals surface area contributed by atoms with Crippen molar-refractivity contribution in [1.29, 1.82) is 0 Å². The molecular formula is C17H15Cl2NO2. The summed E-state index contributed by atoms with van der Waals surface area (Å²) in [5.74, 6) is 0.706. The van der Waals surface area contributed by atoms with Gasteiger partial charge in [-0.2, -0.15) is 0 Å². The minimum absolute atomic E-state index is 0.0261. The molecule has 1 atom stereocenters. The fourth-order valence-electron chi connectivity index (χ4n) is 2.83. The van der Waals surface area contributed by atoms with Crippen molar-refractivity contribution in [3.8, 4) is 5.75 Å². The van der Waals surface area contributed by atoms with Crippen LogP contribution in [-0.2, 0) is 16.6 Å². The van der Waals surface area contributed by atoms with Crippen LogP contribution in [0, 0.1) is 0 Å². The Labute approximate surface area is 139 Å². The van der Waals surface area contributed by atoms with Gasteiger partial charge in [0.2, 0.25) is 5.91 Å². The summed E-state index contributed by atoms with van der Waals surface area (Å²) < 4.78 is 5.28. The molecule has 0 spiro atoms. The summed E-state index contributed by atoms with van der Waals surface area (Å²) >= 11 is 12.0. The SMILES string of the molecule is COc1ccc2c(c1)C(C)(Cc1ccc(Cl)c(Cl)c1)C(=O)N2. The maximum Gasteiger partial charge on any atom is 0.235 e. The average Bonchev–Trinajstić information content (AvgIpc) is 2.74. The summed E-state index contributed by atoms with van der Waals surface area (Å²) in [4.78, 5) is 12.5. The van der Waals surface area contributed by atoms with Crippen LogP contribution in [0.25, 0.3) is 0 Å². The Bertz CT molecular complexity index is 760. The van der Waals surface area contributed by atoms with E-state index >= 15 is 0 Å². The molecule has 22 heavy (non-hydrogen) atoms. The van der Waals surface area contributed by atoms with Crippen molar-refractivity contribution in [1.82, 2.24) is 0 Å². The quantitative estimate of drug-likeness (QED) is 0.899. The van der Waals surface area contributed by atoms with E-state index in [1.807, 2.05) is 31.2 Å². The molecule has 5 heteroatoms. The summed E-state index contributed by atoms with van der Waals surface area (Å²) in [6, 6.07) is 11.1. The molecule has 0 radical (unpaired) electrons. The molecule has 1 aliphatic rings. The maximum atomic E-state index is 12.5. The number of hydrogen-bond acceptors (Lipinski definition) is 2. The van der Waals surface area contributed by atoms with E-state index in [0.717, 1.165) is 22.6 Å². The van der Waals surface area contributed by atoms with Gasteiger partial charge in [-0.1, -0.05) is 29.3 Å². The predicted molar refractivity (Wildman–Crippen MR) is 89.1 cm³/mol. The van der Waals surface area contributed by atoms with Crippen molar-refractivity contribution in [2.24, 2.45) is 0 Å². The van der Waals surface area contributed by atoms with Crippen molar-refractivity contribution in [2.45, 2.75) is 18.8 Å². The Hall–Kier alpha value is -1.71. The van der Waals surface area contributed by atoms with E-state index in [1.165, 1.54) is 0 Å². The van der Waals surface area contributed by atoms with Gasteiger partial charge >= 0.3 is 0 Å². The molecule has 0 aromatic heterocycles. The number of carbonyl (C=O) groups excluding carboxylic acids is 1. The Balaban J connectivity index is 2.02. The molecule has 0 bridgehead atoms. The summed E-state index contributed by atoms with van der Waals surface area (Å²) in [5, 5.41) is 3.93. The number of anilines is 1. The largest absolute Gasteiger partial charge is 0.497 e. The zero-order chi connectivity index (χ0) is 15.9. The first-order valence-electron chi connectivity index (χ1n) is 6.88. The van der Waals surface area contributed by atoms with E-state index in [2.05, 4.69) is 5.32 Å². The molecule has 3 rings (SSSR count). The van der Waals surface area contributed by atoms with Crippen molar-refractivity contribution < 1.29 is 9.53 Å². The molecule has 2 aromatic rings. The van der Waals surface area contributed by atoms with Crippen LogP contribution in [-0.4, -0.2) is 13.0 Å². The molecule has 1 amide bonds. The lowest BCUT2D eigenvalue weighted by Gasteiger charge is -2.23. The first-order chi connectivity index (χ1) is 10.4. The molecule has 0 aliphatic carbocycles. The number of benzene rings is 2. The molecule has 1 heterocycles. The molecule has 3 nitrogen and oxygen atoms in total. The van der Waals surface area contributed by atoms with E-state index in [-0.39, 0.29) is 5.91 Å². The van der Waals surface area contributed by atoms with Crippen LogP contribution in [0.5, 0.6) is 5.75 Å². The molecular weight excluding hydrogens is 321 g/mol. The zero-order valence-electron chi connectivity index (χ0n) is 12.2. The highest BCUT2D eigenvalue weighted by Gasteiger charge is 2.42. The van der Waals surface area contributed by atoms with Crippen LogP contribution in [0.4, 0.5) is 5.69 Å². The van der Waals surface area contributed by atoms with Gasteiger partial charge in [-0.25, -0.2) is 0 Å². The maximum absolute atomic E-state index is 12.5. The molecule has 0 saturated heterocycles. The van der Waals surface area contributed by atoms with Gasteiger partial charge in [0.05, 0.1) is 22.6 Å². The van der Waals surface area contributed by atoms with Gasteiger partial charge in [-0.15, -0.1) is 0 Å². The highest BCUT2D eigenvalue weighted by molar-refractivity contribution is 6.42.